The molecule has 3 aromatic rings. The van der Waals surface area contributed by atoms with Crippen molar-refractivity contribution in [2.75, 3.05) is 10.6 Å². The lowest BCUT2D eigenvalue weighted by molar-refractivity contribution is -0.113. The highest BCUT2D eigenvalue weighted by atomic mass is 35.5. The monoisotopic (exact) mass is 383 g/mol. The van der Waals surface area contributed by atoms with Crippen molar-refractivity contribution in [2.24, 2.45) is 0 Å². The third-order valence-corrected chi connectivity index (χ3v) is 4.66. The summed E-state index contributed by atoms with van der Waals surface area (Å²) in [6.45, 7) is 1.77. The number of benzene rings is 2. The minimum atomic E-state index is -0.623. The number of nitrogens with one attached hydrogen (secondary N) is 2. The molecule has 0 saturated carbocycles. The van der Waals surface area contributed by atoms with E-state index in [-0.39, 0.29) is 5.91 Å². The standard InChI is InChI=1S/C19H15ClFN5O/c1-11-16(18(27)25-15-8-3-2-7-14(15)20)17(12-5-4-6-13(21)9-12)26-19(24-11)22-10-23-26/h2-10,17H,1H3,(H,25,27)(H,22,23,24). The van der Waals surface area contributed by atoms with E-state index in [1.807, 2.05) is 0 Å². The SMILES string of the molecule is CC1=C(C(=O)Nc2ccccc2Cl)C(c2cccc(F)c2)n2ncnc2N1. The molecule has 0 spiro atoms. The van der Waals surface area contributed by atoms with Gasteiger partial charge in [-0.25, -0.2) is 9.07 Å². The fraction of sp³-hybridized carbons (Fsp3) is 0.105. The van der Waals surface area contributed by atoms with Gasteiger partial charge in [0.1, 0.15) is 18.2 Å². The topological polar surface area (TPSA) is 71.8 Å². The number of amides is 1. The van der Waals surface area contributed by atoms with Crippen molar-refractivity contribution in [1.82, 2.24) is 14.8 Å². The fourth-order valence-electron chi connectivity index (χ4n) is 3.12. The van der Waals surface area contributed by atoms with E-state index in [1.54, 1.807) is 48.0 Å². The summed E-state index contributed by atoms with van der Waals surface area (Å²) in [4.78, 5) is 17.3. The van der Waals surface area contributed by atoms with E-state index in [9.17, 15) is 9.18 Å². The molecule has 2 N–H and O–H groups in total. The highest BCUT2D eigenvalue weighted by Gasteiger charge is 2.33. The van der Waals surface area contributed by atoms with Gasteiger partial charge in [-0.15, -0.1) is 0 Å². The third kappa shape index (κ3) is 3.17. The second-order valence-electron chi connectivity index (χ2n) is 6.08. The van der Waals surface area contributed by atoms with E-state index < -0.39 is 11.9 Å². The second kappa shape index (κ2) is 6.85. The summed E-state index contributed by atoms with van der Waals surface area (Å²) in [5, 5.41) is 10.5. The van der Waals surface area contributed by atoms with Gasteiger partial charge in [-0.05, 0) is 36.8 Å². The lowest BCUT2D eigenvalue weighted by Gasteiger charge is -2.28. The lowest BCUT2D eigenvalue weighted by Crippen LogP contribution is -2.31. The molecule has 0 saturated heterocycles. The molecule has 6 nitrogen and oxygen atoms in total. The van der Waals surface area contributed by atoms with Gasteiger partial charge in [0.15, 0.2) is 0 Å². The van der Waals surface area contributed by atoms with E-state index in [2.05, 4.69) is 20.7 Å². The normalized spacial score (nSPS) is 15.9. The molecule has 4 rings (SSSR count). The predicted octanol–water partition coefficient (Wildman–Crippen LogP) is 4.00. The van der Waals surface area contributed by atoms with Crippen molar-refractivity contribution in [3.05, 3.63) is 82.5 Å². The summed E-state index contributed by atoms with van der Waals surface area (Å²) in [7, 11) is 0. The number of hydrogen-bond donors (Lipinski definition) is 2. The van der Waals surface area contributed by atoms with E-state index in [4.69, 9.17) is 11.6 Å². The van der Waals surface area contributed by atoms with Crippen molar-refractivity contribution in [3.63, 3.8) is 0 Å². The van der Waals surface area contributed by atoms with Crippen molar-refractivity contribution in [3.8, 4) is 0 Å². The zero-order valence-corrected chi connectivity index (χ0v) is 15.0. The summed E-state index contributed by atoms with van der Waals surface area (Å²) in [5.41, 5.74) is 2.09. The van der Waals surface area contributed by atoms with Crippen LogP contribution in [0.5, 0.6) is 0 Å². The Hall–Kier alpha value is -3.19. The Morgan fingerprint density at radius 2 is 2.07 bits per heavy atom. The number of nitrogens with zero attached hydrogens (tertiary/aromatic N) is 3. The first-order valence-corrected chi connectivity index (χ1v) is 8.61. The van der Waals surface area contributed by atoms with Gasteiger partial charge in [-0.2, -0.15) is 10.1 Å². The van der Waals surface area contributed by atoms with Crippen LogP contribution in [0.2, 0.25) is 5.02 Å². The Morgan fingerprint density at radius 1 is 1.26 bits per heavy atom. The number of fused-ring (bicyclic) bond motifs is 1. The summed E-state index contributed by atoms with van der Waals surface area (Å²) < 4.78 is 15.4. The Labute approximate surface area is 159 Å². The smallest absolute Gasteiger partial charge is 0.255 e. The largest absolute Gasteiger partial charge is 0.328 e. The number of carbonyl (C=O) groups is 1. The fourth-order valence-corrected chi connectivity index (χ4v) is 3.31. The Bertz CT molecular complexity index is 1060. The number of hydrogen-bond acceptors (Lipinski definition) is 4. The summed E-state index contributed by atoms with van der Waals surface area (Å²) >= 11 is 6.16. The zero-order valence-electron chi connectivity index (χ0n) is 14.3. The summed E-state index contributed by atoms with van der Waals surface area (Å²) in [6.07, 6.45) is 1.39. The van der Waals surface area contributed by atoms with Gasteiger partial charge in [-0.1, -0.05) is 35.9 Å². The van der Waals surface area contributed by atoms with Gasteiger partial charge in [0.2, 0.25) is 5.95 Å². The van der Waals surface area contributed by atoms with Crippen LogP contribution < -0.4 is 10.6 Å². The first-order chi connectivity index (χ1) is 13.0. The summed E-state index contributed by atoms with van der Waals surface area (Å²) in [6, 6.07) is 12.4. The number of carbonyl (C=O) groups excluding carboxylic acids is 1. The van der Waals surface area contributed by atoms with Gasteiger partial charge >= 0.3 is 0 Å². The first kappa shape index (κ1) is 17.2. The number of anilines is 2. The highest BCUT2D eigenvalue weighted by molar-refractivity contribution is 6.33. The van der Waals surface area contributed by atoms with Crippen LogP contribution in [0.4, 0.5) is 16.0 Å². The van der Waals surface area contributed by atoms with E-state index in [0.717, 1.165) is 0 Å². The van der Waals surface area contributed by atoms with Crippen LogP contribution in [0, 0.1) is 5.82 Å². The molecule has 27 heavy (non-hydrogen) atoms. The molecule has 0 radical (unpaired) electrons. The molecule has 1 atom stereocenters. The van der Waals surface area contributed by atoms with Gasteiger partial charge in [0.25, 0.3) is 5.91 Å². The molecule has 1 amide bonds. The molecule has 8 heteroatoms. The van der Waals surface area contributed by atoms with Gasteiger partial charge < -0.3 is 10.6 Å². The number of halogens is 2. The van der Waals surface area contributed by atoms with Gasteiger partial charge in [-0.3, -0.25) is 4.79 Å². The molecule has 2 heterocycles. The maximum absolute atomic E-state index is 13.9. The maximum Gasteiger partial charge on any atom is 0.255 e. The molecule has 1 unspecified atom stereocenters. The second-order valence-corrected chi connectivity index (χ2v) is 6.49. The van der Waals surface area contributed by atoms with Crippen molar-refractivity contribution in [1.29, 1.82) is 0 Å². The van der Waals surface area contributed by atoms with E-state index in [0.29, 0.717) is 33.5 Å². The molecular formula is C19H15ClFN5O. The van der Waals surface area contributed by atoms with Crippen LogP contribution in [0.15, 0.2) is 66.1 Å². The number of para-hydroxylation sites is 1. The quantitative estimate of drug-likeness (QED) is 0.717. The molecule has 0 fully saturated rings. The van der Waals surface area contributed by atoms with Crippen LogP contribution in [0.25, 0.3) is 0 Å². The molecule has 1 aliphatic heterocycles. The van der Waals surface area contributed by atoms with Crippen molar-refractivity contribution >= 4 is 29.1 Å². The minimum Gasteiger partial charge on any atom is -0.328 e. The molecule has 1 aliphatic rings. The van der Waals surface area contributed by atoms with Crippen LogP contribution in [0.1, 0.15) is 18.5 Å². The van der Waals surface area contributed by atoms with Gasteiger partial charge in [0, 0.05) is 5.70 Å². The Morgan fingerprint density at radius 3 is 2.85 bits per heavy atom. The lowest BCUT2D eigenvalue weighted by atomic mass is 9.95. The number of allylic oxidation sites excluding steroid dienone is 1. The average molecular weight is 384 g/mol. The number of rotatable bonds is 3. The Kier molecular flexibility index (Phi) is 4.37. The average Bonchev–Trinajstić information content (AvgIpc) is 3.10. The molecule has 1 aromatic heterocycles. The molecule has 136 valence electrons. The Balaban J connectivity index is 1.79. The van der Waals surface area contributed by atoms with Crippen molar-refractivity contribution < 1.29 is 9.18 Å². The first-order valence-electron chi connectivity index (χ1n) is 8.23. The minimum absolute atomic E-state index is 0.358. The number of aromatic nitrogens is 3. The van der Waals surface area contributed by atoms with E-state index in [1.165, 1.54) is 18.5 Å². The van der Waals surface area contributed by atoms with Crippen LogP contribution in [-0.4, -0.2) is 20.7 Å². The summed E-state index contributed by atoms with van der Waals surface area (Å²) in [5.74, 6) is -0.268. The highest BCUT2D eigenvalue weighted by Crippen LogP contribution is 2.35. The molecule has 0 bridgehead atoms. The predicted molar refractivity (Wildman–Crippen MR) is 101 cm³/mol. The van der Waals surface area contributed by atoms with Crippen LogP contribution >= 0.6 is 11.6 Å². The van der Waals surface area contributed by atoms with Crippen LogP contribution in [-0.2, 0) is 4.79 Å². The van der Waals surface area contributed by atoms with Gasteiger partial charge in [0.05, 0.1) is 16.3 Å². The molecular weight excluding hydrogens is 369 g/mol. The van der Waals surface area contributed by atoms with E-state index >= 15 is 0 Å². The molecule has 2 aromatic carbocycles. The third-order valence-electron chi connectivity index (χ3n) is 4.33. The molecule has 0 aliphatic carbocycles. The van der Waals surface area contributed by atoms with Crippen LogP contribution in [0.3, 0.4) is 0 Å². The van der Waals surface area contributed by atoms with Crippen molar-refractivity contribution in [2.45, 2.75) is 13.0 Å². The maximum atomic E-state index is 13.9. The zero-order chi connectivity index (χ0) is 19.0.